The van der Waals surface area contributed by atoms with Crippen molar-refractivity contribution in [3.8, 4) is 0 Å². The summed E-state index contributed by atoms with van der Waals surface area (Å²) in [5, 5.41) is 17.3. The number of carbonyl (C=O) groups is 1. The van der Waals surface area contributed by atoms with Crippen LogP contribution < -0.4 is 0 Å². The fourth-order valence-corrected chi connectivity index (χ4v) is 2.98. The molecule has 6 nitrogen and oxygen atoms in total. The summed E-state index contributed by atoms with van der Waals surface area (Å²) in [5.74, 6) is -1.34. The number of hydrogen-bond donors (Lipinski definition) is 2. The van der Waals surface area contributed by atoms with Crippen LogP contribution in [0.3, 0.4) is 0 Å². The van der Waals surface area contributed by atoms with Gasteiger partial charge in [-0.15, -0.1) is 0 Å². The molecule has 0 aromatic rings. The molecule has 0 aromatic carbocycles. The second kappa shape index (κ2) is 3.60. The predicted octanol–water partition coefficient (Wildman–Crippen LogP) is -1.53. The van der Waals surface area contributed by atoms with Crippen molar-refractivity contribution in [3.63, 3.8) is 0 Å². The van der Waals surface area contributed by atoms with Crippen LogP contribution in [-0.2, 0) is 14.8 Å². The molecule has 76 valence electrons. The lowest BCUT2D eigenvalue weighted by atomic mass is 10.3. The van der Waals surface area contributed by atoms with Crippen molar-refractivity contribution in [2.75, 3.05) is 18.9 Å². The lowest BCUT2D eigenvalue weighted by Crippen LogP contribution is -2.44. The van der Waals surface area contributed by atoms with Crippen molar-refractivity contribution in [1.82, 2.24) is 4.31 Å². The minimum atomic E-state index is -3.45. The van der Waals surface area contributed by atoms with E-state index in [-0.39, 0.29) is 12.3 Å². The smallest absolute Gasteiger partial charge is 0.324 e. The Kier molecular flexibility index (Phi) is 2.89. The number of carboxylic acid groups (broad SMARTS) is 1. The molecule has 1 heterocycles. The largest absolute Gasteiger partial charge is 0.480 e. The van der Waals surface area contributed by atoms with E-state index >= 15 is 0 Å². The highest BCUT2D eigenvalue weighted by atomic mass is 32.2. The van der Waals surface area contributed by atoms with E-state index in [1.807, 2.05) is 0 Å². The van der Waals surface area contributed by atoms with E-state index in [2.05, 4.69) is 0 Å². The van der Waals surface area contributed by atoms with E-state index < -0.39 is 28.6 Å². The van der Waals surface area contributed by atoms with Gasteiger partial charge in [-0.25, -0.2) is 8.42 Å². The van der Waals surface area contributed by atoms with Crippen molar-refractivity contribution in [3.05, 3.63) is 0 Å². The molecule has 1 rings (SSSR count). The van der Waals surface area contributed by atoms with Gasteiger partial charge in [0.15, 0.2) is 0 Å². The Morgan fingerprint density at radius 1 is 1.54 bits per heavy atom. The maximum absolute atomic E-state index is 11.2. The molecule has 13 heavy (non-hydrogen) atoms. The normalized spacial score (nSPS) is 24.4. The Balaban J connectivity index is 2.87. The fourth-order valence-electron chi connectivity index (χ4n) is 1.30. The average Bonchev–Trinajstić information content (AvgIpc) is 2.32. The molecule has 0 amide bonds. The van der Waals surface area contributed by atoms with Gasteiger partial charge in [0.2, 0.25) is 10.0 Å². The molecule has 2 N–H and O–H groups in total. The molecular weight excluding hydrogens is 198 g/mol. The monoisotopic (exact) mass is 209 g/mol. The summed E-state index contributed by atoms with van der Waals surface area (Å²) in [6, 6.07) is -1.33. The molecule has 0 saturated carbocycles. The topological polar surface area (TPSA) is 94.9 Å². The highest BCUT2D eigenvalue weighted by molar-refractivity contribution is 7.89. The number of aliphatic hydroxyl groups excluding tert-OH is 1. The van der Waals surface area contributed by atoms with Crippen molar-refractivity contribution < 1.29 is 23.4 Å². The molecule has 0 aromatic heterocycles. The molecule has 0 radical (unpaired) electrons. The van der Waals surface area contributed by atoms with Crippen LogP contribution in [0.25, 0.3) is 0 Å². The lowest BCUT2D eigenvalue weighted by Gasteiger charge is -2.20. The number of hydrogen-bond acceptors (Lipinski definition) is 4. The van der Waals surface area contributed by atoms with E-state index in [9.17, 15) is 13.2 Å². The Morgan fingerprint density at radius 2 is 2.15 bits per heavy atom. The molecule has 1 aliphatic rings. The molecule has 0 bridgehead atoms. The molecule has 1 saturated heterocycles. The number of aliphatic hydroxyl groups is 1. The van der Waals surface area contributed by atoms with Crippen molar-refractivity contribution in [2.45, 2.75) is 12.5 Å². The zero-order valence-electron chi connectivity index (χ0n) is 6.88. The van der Waals surface area contributed by atoms with Crippen LogP contribution in [0, 0.1) is 0 Å². The minimum Gasteiger partial charge on any atom is -0.480 e. The quantitative estimate of drug-likeness (QED) is 0.588. The van der Waals surface area contributed by atoms with E-state index in [1.165, 1.54) is 0 Å². The third-order valence-corrected chi connectivity index (χ3v) is 3.90. The zero-order chi connectivity index (χ0) is 10.1. The highest BCUT2D eigenvalue weighted by Gasteiger charge is 2.37. The van der Waals surface area contributed by atoms with Gasteiger partial charge >= 0.3 is 5.97 Å². The van der Waals surface area contributed by atoms with E-state index in [1.54, 1.807) is 0 Å². The lowest BCUT2D eigenvalue weighted by molar-refractivity contribution is -0.142. The molecule has 1 unspecified atom stereocenters. The van der Waals surface area contributed by atoms with Crippen LogP contribution in [0.1, 0.15) is 6.42 Å². The van der Waals surface area contributed by atoms with E-state index in [4.69, 9.17) is 10.2 Å². The molecular formula is C6H11NO5S. The summed E-state index contributed by atoms with van der Waals surface area (Å²) in [4.78, 5) is 10.5. The van der Waals surface area contributed by atoms with Gasteiger partial charge < -0.3 is 10.2 Å². The molecule has 1 atom stereocenters. The van der Waals surface area contributed by atoms with Gasteiger partial charge in [-0.2, -0.15) is 4.31 Å². The first-order valence-corrected chi connectivity index (χ1v) is 5.43. The first kappa shape index (κ1) is 10.4. The van der Waals surface area contributed by atoms with Crippen LogP contribution in [0.5, 0.6) is 0 Å². The summed E-state index contributed by atoms with van der Waals surface area (Å²) in [6.45, 7) is -0.506. The molecule has 7 heteroatoms. The van der Waals surface area contributed by atoms with Crippen molar-refractivity contribution >= 4 is 16.0 Å². The molecule has 0 aliphatic carbocycles. The highest BCUT2D eigenvalue weighted by Crippen LogP contribution is 2.16. The average molecular weight is 209 g/mol. The second-order valence-electron chi connectivity index (χ2n) is 2.82. The molecule has 1 aliphatic heterocycles. The maximum atomic E-state index is 11.2. The Labute approximate surface area is 75.8 Å². The predicted molar refractivity (Wildman–Crippen MR) is 43.6 cm³/mol. The van der Waals surface area contributed by atoms with E-state index in [0.29, 0.717) is 6.42 Å². The number of nitrogens with zero attached hydrogens (tertiary/aromatic N) is 1. The SMILES string of the molecule is O=C(O)C(CO)N1CCCS1(=O)=O. The summed E-state index contributed by atoms with van der Waals surface area (Å²) < 4.78 is 23.3. The summed E-state index contributed by atoms with van der Waals surface area (Å²) in [7, 11) is -3.45. The first-order valence-electron chi connectivity index (χ1n) is 3.82. The van der Waals surface area contributed by atoms with Gasteiger partial charge in [0.1, 0.15) is 6.04 Å². The summed E-state index contributed by atoms with van der Waals surface area (Å²) in [6.07, 6.45) is 0.423. The van der Waals surface area contributed by atoms with Gasteiger partial charge in [0, 0.05) is 6.54 Å². The van der Waals surface area contributed by atoms with Gasteiger partial charge in [0.05, 0.1) is 12.4 Å². The maximum Gasteiger partial charge on any atom is 0.324 e. The van der Waals surface area contributed by atoms with Gasteiger partial charge in [0.25, 0.3) is 0 Å². The van der Waals surface area contributed by atoms with Crippen molar-refractivity contribution in [1.29, 1.82) is 0 Å². The second-order valence-corrected chi connectivity index (χ2v) is 4.86. The molecule has 0 spiro atoms. The summed E-state index contributed by atoms with van der Waals surface area (Å²) in [5.41, 5.74) is 0. The number of aliphatic carboxylic acids is 1. The minimum absolute atomic E-state index is 0.0310. The van der Waals surface area contributed by atoms with Crippen molar-refractivity contribution in [2.24, 2.45) is 0 Å². The summed E-state index contributed by atoms with van der Waals surface area (Å²) >= 11 is 0. The van der Waals surface area contributed by atoms with Gasteiger partial charge in [-0.3, -0.25) is 4.79 Å². The molecule has 1 fully saturated rings. The number of sulfonamides is 1. The first-order chi connectivity index (χ1) is 5.99. The Hall–Kier alpha value is -0.660. The van der Waals surface area contributed by atoms with Gasteiger partial charge in [-0.05, 0) is 6.42 Å². The Bertz CT molecular complexity index is 298. The van der Waals surface area contributed by atoms with Crippen LogP contribution >= 0.6 is 0 Å². The van der Waals surface area contributed by atoms with Gasteiger partial charge in [-0.1, -0.05) is 0 Å². The standard InChI is InChI=1S/C6H11NO5S/c8-4-5(6(9)10)7-2-1-3-13(7,11)12/h5,8H,1-4H2,(H,9,10). The number of carboxylic acids is 1. The third kappa shape index (κ3) is 1.98. The van der Waals surface area contributed by atoms with E-state index in [0.717, 1.165) is 4.31 Å². The van der Waals surface area contributed by atoms with Crippen LogP contribution in [0.2, 0.25) is 0 Å². The van der Waals surface area contributed by atoms with Crippen LogP contribution in [-0.4, -0.2) is 53.9 Å². The van der Waals surface area contributed by atoms with Crippen LogP contribution in [0.15, 0.2) is 0 Å². The third-order valence-electron chi connectivity index (χ3n) is 1.94. The fraction of sp³-hybridized carbons (Fsp3) is 0.833. The number of rotatable bonds is 3. The Morgan fingerprint density at radius 3 is 2.46 bits per heavy atom. The van der Waals surface area contributed by atoms with Crippen LogP contribution in [0.4, 0.5) is 0 Å². The zero-order valence-corrected chi connectivity index (χ0v) is 7.70.